The number of nitrogens with zero attached hydrogens (tertiary/aromatic N) is 1. The lowest BCUT2D eigenvalue weighted by Gasteiger charge is -2.29. The second kappa shape index (κ2) is 11.1. The summed E-state index contributed by atoms with van der Waals surface area (Å²) in [6, 6.07) is 24.8. The Bertz CT molecular complexity index is 1610. The molecule has 190 valence electrons. The van der Waals surface area contributed by atoms with Crippen molar-refractivity contribution in [3.8, 4) is 11.5 Å². The van der Waals surface area contributed by atoms with E-state index in [2.05, 4.69) is 55.4 Å². The molecule has 6 nitrogen and oxygen atoms in total. The molecule has 38 heavy (non-hydrogen) atoms. The Kier molecular flexibility index (Phi) is 7.60. The highest BCUT2D eigenvalue weighted by Crippen LogP contribution is 2.38. The number of fused-ring (bicyclic) bond motifs is 1. The third-order valence-corrected chi connectivity index (χ3v) is 7.40. The molecule has 0 spiro atoms. The summed E-state index contributed by atoms with van der Waals surface area (Å²) in [5, 5.41) is 4.87. The van der Waals surface area contributed by atoms with Crippen molar-refractivity contribution >= 4 is 83.5 Å². The molecule has 9 heteroatoms. The molecule has 0 bridgehead atoms. The van der Waals surface area contributed by atoms with Crippen LogP contribution in [0, 0.1) is 0 Å². The molecule has 0 aliphatic carbocycles. The van der Waals surface area contributed by atoms with Crippen LogP contribution in [0.3, 0.4) is 0 Å². The van der Waals surface area contributed by atoms with Crippen molar-refractivity contribution < 1.29 is 19.1 Å². The summed E-state index contributed by atoms with van der Waals surface area (Å²) in [5.74, 6) is -0.123. The van der Waals surface area contributed by atoms with Crippen LogP contribution in [0.15, 0.2) is 93.4 Å². The second-order valence-corrected chi connectivity index (χ2v) is 10.6. The van der Waals surface area contributed by atoms with Gasteiger partial charge in [0.2, 0.25) is 0 Å². The summed E-state index contributed by atoms with van der Waals surface area (Å²) in [6.07, 6.45) is 1.51. The van der Waals surface area contributed by atoms with Gasteiger partial charge in [-0.15, -0.1) is 0 Å². The van der Waals surface area contributed by atoms with E-state index in [1.54, 1.807) is 36.4 Å². The van der Waals surface area contributed by atoms with Crippen molar-refractivity contribution in [1.82, 2.24) is 5.32 Å². The van der Waals surface area contributed by atoms with Crippen molar-refractivity contribution in [2.75, 3.05) is 12.0 Å². The zero-order chi connectivity index (χ0) is 26.8. The fourth-order valence-corrected chi connectivity index (χ4v) is 5.30. The molecule has 0 unspecified atom stereocenters. The monoisotopic (exact) mass is 650 g/mol. The van der Waals surface area contributed by atoms with Gasteiger partial charge in [0.15, 0.2) is 16.6 Å². The van der Waals surface area contributed by atoms with Crippen molar-refractivity contribution in [3.05, 3.63) is 105 Å². The summed E-state index contributed by atoms with van der Waals surface area (Å²) < 4.78 is 13.2. The first-order valence-corrected chi connectivity index (χ1v) is 13.5. The highest BCUT2D eigenvalue weighted by atomic mass is 79.9. The minimum absolute atomic E-state index is 0.0235. The van der Waals surface area contributed by atoms with Gasteiger partial charge in [0.05, 0.1) is 17.3 Å². The first-order chi connectivity index (χ1) is 18.4. The minimum Gasteiger partial charge on any atom is -0.493 e. The van der Waals surface area contributed by atoms with Crippen molar-refractivity contribution in [2.24, 2.45) is 0 Å². The standard InChI is InChI=1S/C29H20Br2N2O4S/c1-36-25-15-17(13-23-27(34)32-29(38)33(28(23)35)21-11-9-20(30)10-12-21)14-24(31)26(25)37-16-19-7-4-6-18-5-2-3-8-22(18)19/h2-15H,16H2,1H3,(H,32,34,38). The molecule has 2 amide bonds. The van der Waals surface area contributed by atoms with E-state index in [-0.39, 0.29) is 10.7 Å². The molecule has 1 saturated heterocycles. The van der Waals surface area contributed by atoms with E-state index < -0.39 is 11.8 Å². The van der Waals surface area contributed by atoms with Gasteiger partial charge in [-0.1, -0.05) is 58.4 Å². The van der Waals surface area contributed by atoms with Crippen LogP contribution in [0.1, 0.15) is 11.1 Å². The number of hydrogen-bond acceptors (Lipinski definition) is 5. The van der Waals surface area contributed by atoms with E-state index in [9.17, 15) is 9.59 Å². The molecule has 5 rings (SSSR count). The predicted octanol–water partition coefficient (Wildman–Crippen LogP) is 6.78. The predicted molar refractivity (Wildman–Crippen MR) is 159 cm³/mol. The highest BCUT2D eigenvalue weighted by Gasteiger charge is 2.34. The Morgan fingerprint density at radius 1 is 0.974 bits per heavy atom. The molecular weight excluding hydrogens is 632 g/mol. The fraction of sp³-hybridized carbons (Fsp3) is 0.0690. The molecule has 0 saturated carbocycles. The van der Waals surface area contributed by atoms with E-state index >= 15 is 0 Å². The SMILES string of the molecule is COc1cc(C=C2C(=O)NC(=S)N(c3ccc(Br)cc3)C2=O)cc(Br)c1OCc1cccc2ccccc12. The summed E-state index contributed by atoms with van der Waals surface area (Å²) in [7, 11) is 1.54. The molecular formula is C29H20Br2N2O4S. The lowest BCUT2D eigenvalue weighted by atomic mass is 10.1. The smallest absolute Gasteiger partial charge is 0.270 e. The topological polar surface area (TPSA) is 67.9 Å². The van der Waals surface area contributed by atoms with Gasteiger partial charge in [-0.25, -0.2) is 0 Å². The summed E-state index contributed by atoms with van der Waals surface area (Å²) in [5.41, 5.74) is 2.11. The highest BCUT2D eigenvalue weighted by molar-refractivity contribution is 9.10. The molecule has 1 aliphatic heterocycles. The molecule has 1 heterocycles. The number of anilines is 1. The van der Waals surface area contributed by atoms with Crippen LogP contribution >= 0.6 is 44.1 Å². The van der Waals surface area contributed by atoms with Crippen LogP contribution in [0.4, 0.5) is 5.69 Å². The maximum atomic E-state index is 13.3. The summed E-state index contributed by atoms with van der Waals surface area (Å²) >= 11 is 12.2. The van der Waals surface area contributed by atoms with Crippen LogP contribution in [0.25, 0.3) is 16.8 Å². The zero-order valence-electron chi connectivity index (χ0n) is 20.0. The van der Waals surface area contributed by atoms with E-state index in [1.165, 1.54) is 18.1 Å². The molecule has 1 N–H and O–H groups in total. The van der Waals surface area contributed by atoms with Gasteiger partial charge in [0.1, 0.15) is 12.2 Å². The van der Waals surface area contributed by atoms with E-state index in [1.807, 2.05) is 24.3 Å². The fourth-order valence-electron chi connectivity index (χ4n) is 4.18. The van der Waals surface area contributed by atoms with Gasteiger partial charge >= 0.3 is 0 Å². The molecule has 0 atom stereocenters. The zero-order valence-corrected chi connectivity index (χ0v) is 24.0. The lowest BCUT2D eigenvalue weighted by Crippen LogP contribution is -2.54. The third-order valence-electron chi connectivity index (χ3n) is 6.00. The number of carbonyl (C=O) groups is 2. The van der Waals surface area contributed by atoms with Gasteiger partial charge < -0.3 is 9.47 Å². The Morgan fingerprint density at radius 3 is 2.47 bits per heavy atom. The van der Waals surface area contributed by atoms with Crippen LogP contribution in [-0.4, -0.2) is 24.0 Å². The molecule has 0 radical (unpaired) electrons. The van der Waals surface area contributed by atoms with Crippen molar-refractivity contribution in [2.45, 2.75) is 6.61 Å². The summed E-state index contributed by atoms with van der Waals surface area (Å²) in [6.45, 7) is 0.331. The third kappa shape index (κ3) is 5.22. The van der Waals surface area contributed by atoms with Gasteiger partial charge in [0, 0.05) is 4.47 Å². The number of halogens is 2. The maximum absolute atomic E-state index is 13.3. The molecule has 1 fully saturated rings. The number of methoxy groups -OCH3 is 1. The Balaban J connectivity index is 1.44. The number of amides is 2. The Labute approximate surface area is 241 Å². The van der Waals surface area contributed by atoms with Crippen LogP contribution < -0.4 is 19.7 Å². The molecule has 0 aromatic heterocycles. The summed E-state index contributed by atoms with van der Waals surface area (Å²) in [4.78, 5) is 27.4. The number of nitrogens with one attached hydrogen (secondary N) is 1. The average Bonchev–Trinajstić information content (AvgIpc) is 2.91. The first kappa shape index (κ1) is 26.1. The normalized spacial score (nSPS) is 14.7. The number of hydrogen-bond donors (Lipinski definition) is 1. The lowest BCUT2D eigenvalue weighted by molar-refractivity contribution is -0.122. The largest absolute Gasteiger partial charge is 0.493 e. The van der Waals surface area contributed by atoms with Crippen molar-refractivity contribution in [1.29, 1.82) is 0 Å². The van der Waals surface area contributed by atoms with E-state index in [0.717, 1.165) is 20.8 Å². The number of benzene rings is 4. The number of carbonyl (C=O) groups excluding carboxylic acids is 2. The van der Waals surface area contributed by atoms with Crippen LogP contribution in [-0.2, 0) is 16.2 Å². The Hall–Kier alpha value is -3.53. The average molecular weight is 652 g/mol. The number of thiocarbonyl (C=S) groups is 1. The number of ether oxygens (including phenoxy) is 2. The molecule has 4 aromatic rings. The van der Waals surface area contributed by atoms with Crippen molar-refractivity contribution in [3.63, 3.8) is 0 Å². The number of rotatable bonds is 6. The maximum Gasteiger partial charge on any atom is 0.270 e. The Morgan fingerprint density at radius 2 is 1.71 bits per heavy atom. The van der Waals surface area contributed by atoms with Crippen LogP contribution in [0.2, 0.25) is 0 Å². The minimum atomic E-state index is -0.570. The van der Waals surface area contributed by atoms with E-state index in [4.69, 9.17) is 21.7 Å². The van der Waals surface area contributed by atoms with Crippen LogP contribution in [0.5, 0.6) is 11.5 Å². The molecule has 4 aromatic carbocycles. The van der Waals surface area contributed by atoms with Gasteiger partial charge in [-0.05, 0) is 92.5 Å². The van der Waals surface area contributed by atoms with Gasteiger partial charge in [0.25, 0.3) is 11.8 Å². The van der Waals surface area contributed by atoms with E-state index in [0.29, 0.717) is 33.8 Å². The van der Waals surface area contributed by atoms with Gasteiger partial charge in [-0.2, -0.15) is 0 Å². The quantitative estimate of drug-likeness (QED) is 0.141. The first-order valence-electron chi connectivity index (χ1n) is 11.5. The molecule has 1 aliphatic rings. The second-order valence-electron chi connectivity index (χ2n) is 8.40. The van der Waals surface area contributed by atoms with Gasteiger partial charge in [-0.3, -0.25) is 19.8 Å².